The van der Waals surface area contributed by atoms with Gasteiger partial charge in [0.2, 0.25) is 11.8 Å². The van der Waals surface area contributed by atoms with Crippen LogP contribution >= 0.6 is 0 Å². The van der Waals surface area contributed by atoms with Crippen LogP contribution in [-0.4, -0.2) is 36.9 Å². The van der Waals surface area contributed by atoms with Crippen LogP contribution in [0.4, 0.5) is 15.8 Å². The molecule has 2 rings (SSSR count). The van der Waals surface area contributed by atoms with Gasteiger partial charge in [0.15, 0.2) is 0 Å². The first kappa shape index (κ1) is 19.6. The summed E-state index contributed by atoms with van der Waals surface area (Å²) in [6, 6.07) is 13.7. The number of carbonyl (C=O) groups excluding carboxylic acids is 2. The Labute approximate surface area is 153 Å². The van der Waals surface area contributed by atoms with E-state index in [4.69, 9.17) is 0 Å². The van der Waals surface area contributed by atoms with Crippen LogP contribution in [0, 0.1) is 5.82 Å². The maximum absolute atomic E-state index is 13.5. The lowest BCUT2D eigenvalue weighted by Gasteiger charge is -2.17. The molecule has 0 radical (unpaired) electrons. The minimum absolute atomic E-state index is 0.136. The highest BCUT2D eigenvalue weighted by Crippen LogP contribution is 2.15. The number of amides is 2. The van der Waals surface area contributed by atoms with Gasteiger partial charge < -0.3 is 10.6 Å². The van der Waals surface area contributed by atoms with E-state index in [0.717, 1.165) is 17.7 Å². The van der Waals surface area contributed by atoms with Crippen LogP contribution in [0.3, 0.4) is 0 Å². The molecular formula is C20H24FN3O2. The van der Waals surface area contributed by atoms with E-state index in [1.165, 1.54) is 12.1 Å². The number of anilines is 2. The van der Waals surface area contributed by atoms with E-state index < -0.39 is 5.82 Å². The van der Waals surface area contributed by atoms with Crippen molar-refractivity contribution < 1.29 is 14.0 Å². The van der Waals surface area contributed by atoms with Crippen molar-refractivity contribution in [2.75, 3.05) is 30.8 Å². The number of rotatable bonds is 8. The molecule has 0 saturated heterocycles. The number of hydrogen-bond acceptors (Lipinski definition) is 3. The van der Waals surface area contributed by atoms with Crippen molar-refractivity contribution in [1.82, 2.24) is 4.90 Å². The number of hydrogen-bond donors (Lipinski definition) is 2. The van der Waals surface area contributed by atoms with Gasteiger partial charge in [-0.15, -0.1) is 0 Å². The fourth-order valence-electron chi connectivity index (χ4n) is 2.53. The van der Waals surface area contributed by atoms with Crippen LogP contribution in [0.5, 0.6) is 0 Å². The van der Waals surface area contributed by atoms with E-state index >= 15 is 0 Å². The summed E-state index contributed by atoms with van der Waals surface area (Å²) in [5, 5.41) is 5.43. The largest absolute Gasteiger partial charge is 0.325 e. The Morgan fingerprint density at radius 1 is 0.962 bits per heavy atom. The molecule has 2 amide bonds. The Kier molecular flexibility index (Phi) is 7.29. The fourth-order valence-corrected chi connectivity index (χ4v) is 2.53. The highest BCUT2D eigenvalue weighted by molar-refractivity contribution is 5.93. The van der Waals surface area contributed by atoms with Gasteiger partial charge in [-0.2, -0.15) is 0 Å². The van der Waals surface area contributed by atoms with E-state index in [2.05, 4.69) is 10.6 Å². The highest BCUT2D eigenvalue weighted by atomic mass is 19.1. The molecule has 0 spiro atoms. The summed E-state index contributed by atoms with van der Waals surface area (Å²) < 4.78 is 13.5. The zero-order chi connectivity index (χ0) is 18.9. The molecule has 6 heteroatoms. The predicted molar refractivity (Wildman–Crippen MR) is 102 cm³/mol. The summed E-state index contributed by atoms with van der Waals surface area (Å²) in [6.45, 7) is 2.60. The first-order chi connectivity index (χ1) is 12.5. The quantitative estimate of drug-likeness (QED) is 0.762. The van der Waals surface area contributed by atoms with Gasteiger partial charge in [-0.3, -0.25) is 14.5 Å². The molecule has 0 unspecified atom stereocenters. The first-order valence-corrected chi connectivity index (χ1v) is 8.60. The number of nitrogens with one attached hydrogen (secondary N) is 2. The Hall–Kier alpha value is -2.73. The number of nitrogens with zero attached hydrogens (tertiary/aromatic N) is 1. The summed E-state index contributed by atoms with van der Waals surface area (Å²) in [6.07, 6.45) is 1.01. The Balaban J connectivity index is 1.77. The average molecular weight is 357 g/mol. The summed E-state index contributed by atoms with van der Waals surface area (Å²) in [5.41, 5.74) is 2.05. The van der Waals surface area contributed by atoms with Crippen molar-refractivity contribution in [3.8, 4) is 0 Å². The number of halogens is 1. The molecule has 2 N–H and O–H groups in total. The van der Waals surface area contributed by atoms with E-state index in [9.17, 15) is 14.0 Å². The summed E-state index contributed by atoms with van der Waals surface area (Å²) >= 11 is 0. The van der Waals surface area contributed by atoms with Gasteiger partial charge in [-0.25, -0.2) is 4.39 Å². The molecule has 0 atom stereocenters. The molecule has 0 fully saturated rings. The minimum Gasteiger partial charge on any atom is -0.325 e. The van der Waals surface area contributed by atoms with E-state index in [0.29, 0.717) is 6.54 Å². The van der Waals surface area contributed by atoms with Gasteiger partial charge >= 0.3 is 0 Å². The second kappa shape index (κ2) is 9.68. The van der Waals surface area contributed by atoms with Gasteiger partial charge in [-0.05, 0) is 37.2 Å². The van der Waals surface area contributed by atoms with Gasteiger partial charge in [0.1, 0.15) is 5.82 Å². The van der Waals surface area contributed by atoms with Crippen LogP contribution in [0.15, 0.2) is 48.5 Å². The van der Waals surface area contributed by atoms with Gasteiger partial charge in [-0.1, -0.05) is 37.3 Å². The lowest BCUT2D eigenvalue weighted by atomic mass is 10.1. The molecular weight excluding hydrogens is 333 g/mol. The van der Waals surface area contributed by atoms with Crippen molar-refractivity contribution in [3.63, 3.8) is 0 Å². The Morgan fingerprint density at radius 2 is 1.58 bits per heavy atom. The predicted octanol–water partition coefficient (Wildman–Crippen LogP) is 3.29. The molecule has 0 heterocycles. The van der Waals surface area contributed by atoms with Crippen LogP contribution in [0.25, 0.3) is 0 Å². The highest BCUT2D eigenvalue weighted by Gasteiger charge is 2.11. The van der Waals surface area contributed by atoms with Crippen molar-refractivity contribution in [2.24, 2.45) is 0 Å². The van der Waals surface area contributed by atoms with E-state index in [-0.39, 0.29) is 30.5 Å². The van der Waals surface area contributed by atoms with Crippen molar-refractivity contribution in [2.45, 2.75) is 19.8 Å². The van der Waals surface area contributed by atoms with Crippen molar-refractivity contribution in [1.29, 1.82) is 0 Å². The van der Waals surface area contributed by atoms with Gasteiger partial charge in [0.05, 0.1) is 12.2 Å². The molecule has 0 bridgehead atoms. The maximum atomic E-state index is 13.5. The Bertz CT molecular complexity index is 764. The summed E-state index contributed by atoms with van der Waals surface area (Å²) in [7, 11) is 1.77. The van der Waals surface area contributed by atoms with Gasteiger partial charge in [0.25, 0.3) is 0 Å². The molecule has 2 aromatic carbocycles. The van der Waals surface area contributed by atoms with Crippen molar-refractivity contribution >= 4 is 23.2 Å². The fraction of sp³-hybridized carbons (Fsp3) is 0.300. The molecule has 26 heavy (non-hydrogen) atoms. The summed E-state index contributed by atoms with van der Waals surface area (Å²) in [4.78, 5) is 25.8. The molecule has 5 nitrogen and oxygen atoms in total. The average Bonchev–Trinajstić information content (AvgIpc) is 2.62. The molecule has 0 aliphatic carbocycles. The summed E-state index contributed by atoms with van der Waals surface area (Å²) in [5.74, 6) is -0.898. The topological polar surface area (TPSA) is 61.4 Å². The normalized spacial score (nSPS) is 10.6. The zero-order valence-electron chi connectivity index (χ0n) is 15.1. The molecule has 0 aliphatic rings. The number of para-hydroxylation sites is 2. The van der Waals surface area contributed by atoms with Gasteiger partial charge in [0, 0.05) is 18.7 Å². The van der Waals surface area contributed by atoms with Crippen LogP contribution in [0.2, 0.25) is 0 Å². The lowest BCUT2D eigenvalue weighted by Crippen LogP contribution is -2.32. The Morgan fingerprint density at radius 3 is 2.27 bits per heavy atom. The number of likely N-dealkylation sites (N-methyl/N-ethyl adjacent to an activating group) is 1. The lowest BCUT2D eigenvalue weighted by molar-refractivity contribution is -0.119. The SMILES string of the molecule is CCc1ccccc1NC(=O)CN(C)CCC(=O)Nc1ccccc1F. The smallest absolute Gasteiger partial charge is 0.238 e. The third-order valence-corrected chi connectivity index (χ3v) is 3.95. The second-order valence-electron chi connectivity index (χ2n) is 6.07. The molecule has 0 saturated carbocycles. The second-order valence-corrected chi connectivity index (χ2v) is 6.07. The molecule has 138 valence electrons. The van der Waals surface area contributed by atoms with Crippen LogP contribution in [0.1, 0.15) is 18.9 Å². The standard InChI is InChI=1S/C20H24FN3O2/c1-3-15-8-4-6-10-17(15)22-20(26)14-24(2)13-12-19(25)23-18-11-7-5-9-16(18)21/h4-11H,3,12-14H2,1-2H3,(H,22,26)(H,23,25). The minimum atomic E-state index is -0.469. The van der Waals surface area contributed by atoms with Crippen LogP contribution < -0.4 is 10.6 Å². The molecule has 0 aromatic heterocycles. The number of carbonyl (C=O) groups is 2. The maximum Gasteiger partial charge on any atom is 0.238 e. The van der Waals surface area contributed by atoms with E-state index in [1.807, 2.05) is 31.2 Å². The zero-order valence-corrected chi connectivity index (χ0v) is 15.1. The van der Waals surface area contributed by atoms with E-state index in [1.54, 1.807) is 24.1 Å². The molecule has 0 aliphatic heterocycles. The first-order valence-electron chi connectivity index (χ1n) is 8.60. The molecule has 2 aromatic rings. The monoisotopic (exact) mass is 357 g/mol. The third-order valence-electron chi connectivity index (χ3n) is 3.95. The van der Waals surface area contributed by atoms with Crippen molar-refractivity contribution in [3.05, 3.63) is 59.9 Å². The third kappa shape index (κ3) is 5.97. The number of aryl methyl sites for hydroxylation is 1. The number of benzene rings is 2. The van der Waals surface area contributed by atoms with Crippen LogP contribution in [-0.2, 0) is 16.0 Å².